The number of carboxylic acid groups (broad SMARTS) is 1. The molecule has 136 valence electrons. The van der Waals surface area contributed by atoms with E-state index in [1.807, 2.05) is 32.0 Å². The number of amides is 2. The molecule has 0 aliphatic carbocycles. The smallest absolute Gasteiger partial charge is 0.323 e. The van der Waals surface area contributed by atoms with Crippen molar-refractivity contribution in [2.75, 3.05) is 26.2 Å². The maximum absolute atomic E-state index is 12.8. The van der Waals surface area contributed by atoms with Gasteiger partial charge >= 0.3 is 5.97 Å². The number of likely N-dealkylation sites (tertiary alicyclic amines) is 1. The molecule has 0 aromatic heterocycles. The Kier molecular flexibility index (Phi) is 6.56. The fourth-order valence-electron chi connectivity index (χ4n) is 3.22. The highest BCUT2D eigenvalue weighted by molar-refractivity contribution is 5.94. The second kappa shape index (κ2) is 8.65. The van der Waals surface area contributed by atoms with Gasteiger partial charge in [-0.05, 0) is 30.9 Å². The van der Waals surface area contributed by atoms with E-state index < -0.39 is 5.97 Å². The van der Waals surface area contributed by atoms with Crippen molar-refractivity contribution < 1.29 is 19.5 Å². The first-order chi connectivity index (χ1) is 11.9. The average Bonchev–Trinajstić information content (AvgIpc) is 2.60. The topological polar surface area (TPSA) is 77.9 Å². The molecule has 25 heavy (non-hydrogen) atoms. The first-order valence-corrected chi connectivity index (χ1v) is 8.73. The van der Waals surface area contributed by atoms with Crippen LogP contribution in [0.2, 0.25) is 0 Å². The SMILES string of the molecule is CC(C)CN(CC(=O)O)C(=O)C1CCCN(C(=O)c2ccccc2)C1. The molecule has 1 heterocycles. The van der Waals surface area contributed by atoms with E-state index in [-0.39, 0.29) is 30.2 Å². The van der Waals surface area contributed by atoms with Crippen molar-refractivity contribution in [1.82, 2.24) is 9.80 Å². The largest absolute Gasteiger partial charge is 0.480 e. The highest BCUT2D eigenvalue weighted by atomic mass is 16.4. The number of aliphatic carboxylic acids is 1. The summed E-state index contributed by atoms with van der Waals surface area (Å²) in [5, 5.41) is 9.07. The minimum absolute atomic E-state index is 0.0771. The highest BCUT2D eigenvalue weighted by Gasteiger charge is 2.32. The Morgan fingerprint density at radius 2 is 1.92 bits per heavy atom. The van der Waals surface area contributed by atoms with Crippen LogP contribution in [0.15, 0.2) is 30.3 Å². The standard InChI is InChI=1S/C19H26N2O4/c1-14(2)11-21(13-17(22)23)19(25)16-9-6-10-20(12-16)18(24)15-7-4-3-5-8-15/h3-5,7-8,14,16H,6,9-13H2,1-2H3,(H,22,23). The van der Waals surface area contributed by atoms with Gasteiger partial charge in [-0.2, -0.15) is 0 Å². The van der Waals surface area contributed by atoms with Crippen LogP contribution in [0.25, 0.3) is 0 Å². The van der Waals surface area contributed by atoms with E-state index in [1.54, 1.807) is 17.0 Å². The maximum Gasteiger partial charge on any atom is 0.323 e. The van der Waals surface area contributed by atoms with Gasteiger partial charge in [-0.15, -0.1) is 0 Å². The number of carbonyl (C=O) groups excluding carboxylic acids is 2. The molecule has 2 rings (SSSR count). The van der Waals surface area contributed by atoms with Crippen LogP contribution in [0.5, 0.6) is 0 Å². The van der Waals surface area contributed by atoms with Crippen LogP contribution in [0.4, 0.5) is 0 Å². The third-order valence-electron chi connectivity index (χ3n) is 4.30. The Bertz CT molecular complexity index is 615. The zero-order valence-electron chi connectivity index (χ0n) is 14.9. The average molecular weight is 346 g/mol. The van der Waals surface area contributed by atoms with E-state index in [0.29, 0.717) is 31.6 Å². The molecular formula is C19H26N2O4. The summed E-state index contributed by atoms with van der Waals surface area (Å²) >= 11 is 0. The van der Waals surface area contributed by atoms with Gasteiger partial charge in [0.15, 0.2) is 0 Å². The van der Waals surface area contributed by atoms with Gasteiger partial charge in [-0.1, -0.05) is 32.0 Å². The monoisotopic (exact) mass is 346 g/mol. The minimum Gasteiger partial charge on any atom is -0.480 e. The lowest BCUT2D eigenvalue weighted by Gasteiger charge is -2.35. The highest BCUT2D eigenvalue weighted by Crippen LogP contribution is 2.21. The van der Waals surface area contributed by atoms with Gasteiger partial charge in [0.1, 0.15) is 6.54 Å². The molecule has 2 amide bonds. The lowest BCUT2D eigenvalue weighted by molar-refractivity contribution is -0.147. The maximum atomic E-state index is 12.8. The van der Waals surface area contributed by atoms with Gasteiger partial charge in [-0.3, -0.25) is 14.4 Å². The van der Waals surface area contributed by atoms with E-state index in [0.717, 1.165) is 6.42 Å². The zero-order chi connectivity index (χ0) is 18.4. The van der Waals surface area contributed by atoms with Crippen molar-refractivity contribution in [3.63, 3.8) is 0 Å². The fourth-order valence-corrected chi connectivity index (χ4v) is 3.22. The quantitative estimate of drug-likeness (QED) is 0.856. The van der Waals surface area contributed by atoms with Crippen LogP contribution in [-0.2, 0) is 9.59 Å². The summed E-state index contributed by atoms with van der Waals surface area (Å²) in [7, 11) is 0. The molecule has 1 atom stereocenters. The van der Waals surface area contributed by atoms with Gasteiger partial charge in [0.05, 0.1) is 5.92 Å². The Morgan fingerprint density at radius 1 is 1.24 bits per heavy atom. The van der Waals surface area contributed by atoms with Crippen molar-refractivity contribution in [3.05, 3.63) is 35.9 Å². The molecule has 1 aliphatic rings. The van der Waals surface area contributed by atoms with E-state index in [2.05, 4.69) is 0 Å². The number of hydrogen-bond acceptors (Lipinski definition) is 3. The third kappa shape index (κ3) is 5.31. The van der Waals surface area contributed by atoms with Crippen LogP contribution < -0.4 is 0 Å². The lowest BCUT2D eigenvalue weighted by atomic mass is 9.95. The number of hydrogen-bond donors (Lipinski definition) is 1. The Hall–Kier alpha value is -2.37. The second-order valence-corrected chi connectivity index (χ2v) is 6.96. The zero-order valence-corrected chi connectivity index (χ0v) is 14.9. The Morgan fingerprint density at radius 3 is 2.52 bits per heavy atom. The van der Waals surface area contributed by atoms with Gasteiger partial charge < -0.3 is 14.9 Å². The molecule has 0 radical (unpaired) electrons. The van der Waals surface area contributed by atoms with Crippen LogP contribution >= 0.6 is 0 Å². The second-order valence-electron chi connectivity index (χ2n) is 6.96. The van der Waals surface area contributed by atoms with Gasteiger partial charge in [-0.25, -0.2) is 0 Å². The Balaban J connectivity index is 2.06. The summed E-state index contributed by atoms with van der Waals surface area (Å²) in [5.41, 5.74) is 0.611. The molecule has 1 fully saturated rings. The fraction of sp³-hybridized carbons (Fsp3) is 0.526. The van der Waals surface area contributed by atoms with Gasteiger partial charge in [0.2, 0.25) is 5.91 Å². The first-order valence-electron chi connectivity index (χ1n) is 8.73. The van der Waals surface area contributed by atoms with Crippen molar-refractivity contribution in [3.8, 4) is 0 Å². The van der Waals surface area contributed by atoms with Crippen LogP contribution in [-0.4, -0.2) is 58.9 Å². The summed E-state index contributed by atoms with van der Waals surface area (Å²) in [6, 6.07) is 9.02. The van der Waals surface area contributed by atoms with E-state index in [1.165, 1.54) is 4.90 Å². The predicted molar refractivity (Wildman–Crippen MR) is 94.1 cm³/mol. The number of benzene rings is 1. The molecule has 1 saturated heterocycles. The summed E-state index contributed by atoms with van der Waals surface area (Å²) in [5.74, 6) is -1.40. The van der Waals surface area contributed by atoms with Crippen LogP contribution in [0.3, 0.4) is 0 Å². The van der Waals surface area contributed by atoms with Gasteiger partial charge in [0.25, 0.3) is 5.91 Å². The Labute approximate surface area is 148 Å². The summed E-state index contributed by atoms with van der Waals surface area (Å²) < 4.78 is 0. The van der Waals surface area contributed by atoms with Crippen molar-refractivity contribution in [1.29, 1.82) is 0 Å². The molecule has 1 N–H and O–H groups in total. The van der Waals surface area contributed by atoms with Crippen molar-refractivity contribution >= 4 is 17.8 Å². The molecule has 1 aliphatic heterocycles. The number of piperidine rings is 1. The summed E-state index contributed by atoms with van der Waals surface area (Å²) in [6.07, 6.45) is 1.43. The summed E-state index contributed by atoms with van der Waals surface area (Å²) in [6.45, 7) is 5.00. The van der Waals surface area contributed by atoms with Gasteiger partial charge in [0, 0.05) is 25.2 Å². The molecule has 1 aromatic carbocycles. The molecule has 0 saturated carbocycles. The molecular weight excluding hydrogens is 320 g/mol. The van der Waals surface area contributed by atoms with Crippen molar-refractivity contribution in [2.45, 2.75) is 26.7 Å². The third-order valence-corrected chi connectivity index (χ3v) is 4.30. The molecule has 1 unspecified atom stereocenters. The minimum atomic E-state index is -1.01. The number of carboxylic acids is 1. The summed E-state index contributed by atoms with van der Waals surface area (Å²) in [4.78, 5) is 39.6. The number of carbonyl (C=O) groups is 3. The van der Waals surface area contributed by atoms with E-state index in [4.69, 9.17) is 5.11 Å². The van der Waals surface area contributed by atoms with Crippen molar-refractivity contribution in [2.24, 2.45) is 11.8 Å². The molecule has 1 aromatic rings. The number of nitrogens with zero attached hydrogens (tertiary/aromatic N) is 2. The predicted octanol–water partition coefficient (Wildman–Crippen LogP) is 2.11. The molecule has 6 heteroatoms. The first kappa shape index (κ1) is 19.0. The number of rotatable bonds is 6. The molecule has 0 bridgehead atoms. The lowest BCUT2D eigenvalue weighted by Crippen LogP contribution is -2.48. The van der Waals surface area contributed by atoms with E-state index in [9.17, 15) is 14.4 Å². The molecule has 0 spiro atoms. The normalized spacial score (nSPS) is 17.4. The van der Waals surface area contributed by atoms with E-state index >= 15 is 0 Å². The van der Waals surface area contributed by atoms with Crippen LogP contribution in [0, 0.1) is 11.8 Å². The molecule has 6 nitrogen and oxygen atoms in total. The van der Waals surface area contributed by atoms with Crippen LogP contribution in [0.1, 0.15) is 37.0 Å².